The molecule has 0 radical (unpaired) electrons. The maximum absolute atomic E-state index is 12.7. The molecule has 6 heteroatoms. The Balaban J connectivity index is 1.62. The number of hydrogen-bond donors (Lipinski definition) is 1. The van der Waals surface area contributed by atoms with Gasteiger partial charge in [0, 0.05) is 25.7 Å². The summed E-state index contributed by atoms with van der Waals surface area (Å²) in [6, 6.07) is 16.6. The molecule has 146 valence electrons. The molecule has 3 amide bonds. The van der Waals surface area contributed by atoms with Crippen molar-refractivity contribution < 1.29 is 14.4 Å². The SMILES string of the molecule is CC(=O)N(C(=O)C(=O)N1CCC(Cc2ccccc2)CC1)c1ccc(N)cc1. The van der Waals surface area contributed by atoms with Gasteiger partial charge in [-0.05, 0) is 55.0 Å². The monoisotopic (exact) mass is 379 g/mol. The molecule has 1 heterocycles. The number of piperidine rings is 1. The second-order valence-corrected chi connectivity index (χ2v) is 7.18. The van der Waals surface area contributed by atoms with Crippen LogP contribution in [0.2, 0.25) is 0 Å². The van der Waals surface area contributed by atoms with Crippen LogP contribution in [0.3, 0.4) is 0 Å². The van der Waals surface area contributed by atoms with Gasteiger partial charge in [0.15, 0.2) is 0 Å². The lowest BCUT2D eigenvalue weighted by Gasteiger charge is -2.32. The summed E-state index contributed by atoms with van der Waals surface area (Å²) in [5.41, 5.74) is 7.81. The number of benzene rings is 2. The average molecular weight is 379 g/mol. The lowest BCUT2D eigenvalue weighted by atomic mass is 9.90. The first-order valence-corrected chi connectivity index (χ1v) is 9.49. The van der Waals surface area contributed by atoms with E-state index in [2.05, 4.69) is 12.1 Å². The quantitative estimate of drug-likeness (QED) is 0.656. The van der Waals surface area contributed by atoms with Crippen LogP contribution in [-0.2, 0) is 20.8 Å². The van der Waals surface area contributed by atoms with Gasteiger partial charge in [-0.2, -0.15) is 0 Å². The van der Waals surface area contributed by atoms with Crippen molar-refractivity contribution in [2.75, 3.05) is 23.7 Å². The smallest absolute Gasteiger partial charge is 0.323 e. The van der Waals surface area contributed by atoms with Crippen molar-refractivity contribution in [1.29, 1.82) is 0 Å². The molecule has 2 aromatic carbocycles. The lowest BCUT2D eigenvalue weighted by Crippen LogP contribution is -2.49. The Labute approximate surface area is 164 Å². The maximum Gasteiger partial charge on any atom is 0.323 e. The van der Waals surface area contributed by atoms with E-state index < -0.39 is 17.7 Å². The number of amides is 3. The number of hydrogen-bond acceptors (Lipinski definition) is 4. The van der Waals surface area contributed by atoms with Gasteiger partial charge < -0.3 is 10.6 Å². The number of nitrogen functional groups attached to an aromatic ring is 1. The zero-order chi connectivity index (χ0) is 20.1. The zero-order valence-corrected chi connectivity index (χ0v) is 16.0. The molecule has 2 N–H and O–H groups in total. The van der Waals surface area contributed by atoms with Crippen LogP contribution < -0.4 is 10.6 Å². The Bertz CT molecular complexity index is 841. The van der Waals surface area contributed by atoms with Crippen molar-refractivity contribution in [3.8, 4) is 0 Å². The first kappa shape index (κ1) is 19.6. The lowest BCUT2D eigenvalue weighted by molar-refractivity contribution is -0.146. The molecular formula is C22H25N3O3. The van der Waals surface area contributed by atoms with Crippen LogP contribution >= 0.6 is 0 Å². The van der Waals surface area contributed by atoms with Crippen molar-refractivity contribution >= 4 is 29.1 Å². The van der Waals surface area contributed by atoms with Gasteiger partial charge in [-0.1, -0.05) is 30.3 Å². The summed E-state index contributed by atoms with van der Waals surface area (Å²) < 4.78 is 0. The molecule has 1 aliphatic heterocycles. The second-order valence-electron chi connectivity index (χ2n) is 7.18. The fourth-order valence-corrected chi connectivity index (χ4v) is 3.58. The molecule has 1 aliphatic rings. The van der Waals surface area contributed by atoms with Gasteiger partial charge in [0.1, 0.15) is 0 Å². The minimum Gasteiger partial charge on any atom is -0.399 e. The first-order valence-electron chi connectivity index (χ1n) is 9.49. The Morgan fingerprint density at radius 2 is 1.61 bits per heavy atom. The van der Waals surface area contributed by atoms with E-state index in [1.165, 1.54) is 12.5 Å². The molecule has 0 aromatic heterocycles. The average Bonchev–Trinajstić information content (AvgIpc) is 2.70. The Hall–Kier alpha value is -3.15. The molecule has 0 saturated carbocycles. The van der Waals surface area contributed by atoms with Gasteiger partial charge in [-0.3, -0.25) is 14.4 Å². The van der Waals surface area contributed by atoms with Gasteiger partial charge >= 0.3 is 11.8 Å². The standard InChI is InChI=1S/C22H25N3O3/c1-16(26)25(20-9-7-19(23)8-10-20)22(28)21(27)24-13-11-18(12-14-24)15-17-5-3-2-4-6-17/h2-10,18H,11-15,23H2,1H3. The van der Waals surface area contributed by atoms with E-state index >= 15 is 0 Å². The van der Waals surface area contributed by atoms with Gasteiger partial charge in [0.2, 0.25) is 5.91 Å². The molecular weight excluding hydrogens is 354 g/mol. The van der Waals surface area contributed by atoms with Crippen LogP contribution in [0, 0.1) is 5.92 Å². The zero-order valence-electron chi connectivity index (χ0n) is 16.0. The third-order valence-corrected chi connectivity index (χ3v) is 5.12. The van der Waals surface area contributed by atoms with E-state index in [1.807, 2.05) is 18.2 Å². The summed E-state index contributed by atoms with van der Waals surface area (Å²) in [6.45, 7) is 2.32. The summed E-state index contributed by atoms with van der Waals surface area (Å²) in [7, 11) is 0. The van der Waals surface area contributed by atoms with Crippen LogP contribution in [0.4, 0.5) is 11.4 Å². The van der Waals surface area contributed by atoms with Gasteiger partial charge in [0.05, 0.1) is 5.69 Å². The molecule has 6 nitrogen and oxygen atoms in total. The number of anilines is 2. The van der Waals surface area contributed by atoms with E-state index in [4.69, 9.17) is 5.73 Å². The summed E-state index contributed by atoms with van der Waals surface area (Å²) in [5.74, 6) is -1.46. The van der Waals surface area contributed by atoms with E-state index in [0.717, 1.165) is 24.2 Å². The first-order chi connectivity index (χ1) is 13.5. The largest absolute Gasteiger partial charge is 0.399 e. The Morgan fingerprint density at radius 1 is 1.00 bits per heavy atom. The Morgan fingerprint density at radius 3 is 2.18 bits per heavy atom. The van der Waals surface area contributed by atoms with Crippen LogP contribution in [0.5, 0.6) is 0 Å². The van der Waals surface area contributed by atoms with Crippen LogP contribution in [0.25, 0.3) is 0 Å². The molecule has 28 heavy (non-hydrogen) atoms. The van der Waals surface area contributed by atoms with Crippen molar-refractivity contribution in [2.24, 2.45) is 5.92 Å². The molecule has 3 rings (SSSR count). The highest BCUT2D eigenvalue weighted by atomic mass is 16.2. The van der Waals surface area contributed by atoms with E-state index in [9.17, 15) is 14.4 Å². The fourth-order valence-electron chi connectivity index (χ4n) is 3.58. The number of nitrogens with zero attached hydrogens (tertiary/aromatic N) is 2. The molecule has 0 atom stereocenters. The van der Waals surface area contributed by atoms with Crippen LogP contribution in [-0.4, -0.2) is 35.7 Å². The molecule has 1 fully saturated rings. The minimum absolute atomic E-state index is 0.346. The number of imide groups is 1. The Kier molecular flexibility index (Phi) is 6.09. The van der Waals surface area contributed by atoms with Crippen molar-refractivity contribution in [2.45, 2.75) is 26.2 Å². The number of likely N-dealkylation sites (tertiary alicyclic amines) is 1. The van der Waals surface area contributed by atoms with Gasteiger partial charge in [-0.25, -0.2) is 4.90 Å². The van der Waals surface area contributed by atoms with Crippen molar-refractivity contribution in [3.05, 3.63) is 60.2 Å². The highest BCUT2D eigenvalue weighted by Crippen LogP contribution is 2.23. The molecule has 1 saturated heterocycles. The van der Waals surface area contributed by atoms with E-state index in [-0.39, 0.29) is 0 Å². The highest BCUT2D eigenvalue weighted by molar-refractivity contribution is 6.45. The van der Waals surface area contributed by atoms with Crippen LogP contribution in [0.15, 0.2) is 54.6 Å². The number of nitrogens with two attached hydrogens (primary N) is 1. The summed E-state index contributed by atoms with van der Waals surface area (Å²) >= 11 is 0. The summed E-state index contributed by atoms with van der Waals surface area (Å²) in [5, 5.41) is 0. The predicted molar refractivity (Wildman–Crippen MR) is 108 cm³/mol. The fraction of sp³-hybridized carbons (Fsp3) is 0.318. The number of carbonyl (C=O) groups is 3. The van der Waals surface area contributed by atoms with E-state index in [0.29, 0.717) is 30.4 Å². The van der Waals surface area contributed by atoms with Crippen LogP contribution in [0.1, 0.15) is 25.3 Å². The minimum atomic E-state index is -0.821. The molecule has 0 bridgehead atoms. The van der Waals surface area contributed by atoms with Gasteiger partial charge in [-0.15, -0.1) is 0 Å². The third-order valence-electron chi connectivity index (χ3n) is 5.12. The topological polar surface area (TPSA) is 83.7 Å². The highest BCUT2D eigenvalue weighted by Gasteiger charge is 2.32. The molecule has 0 unspecified atom stereocenters. The third kappa shape index (κ3) is 4.57. The number of carbonyl (C=O) groups excluding carboxylic acids is 3. The normalized spacial score (nSPS) is 14.5. The van der Waals surface area contributed by atoms with Gasteiger partial charge in [0.25, 0.3) is 0 Å². The second kappa shape index (κ2) is 8.69. The predicted octanol–water partition coefficient (Wildman–Crippen LogP) is 2.63. The summed E-state index contributed by atoms with van der Waals surface area (Å²) in [6.07, 6.45) is 2.66. The van der Waals surface area contributed by atoms with Crippen molar-refractivity contribution in [3.63, 3.8) is 0 Å². The molecule has 0 spiro atoms. The van der Waals surface area contributed by atoms with Crippen molar-refractivity contribution in [1.82, 2.24) is 4.90 Å². The number of rotatable bonds is 3. The van der Waals surface area contributed by atoms with E-state index in [1.54, 1.807) is 29.2 Å². The molecule has 0 aliphatic carbocycles. The maximum atomic E-state index is 12.7. The molecule has 2 aromatic rings. The summed E-state index contributed by atoms with van der Waals surface area (Å²) in [4.78, 5) is 39.9.